The smallest absolute Gasteiger partial charge is 0.323 e. The van der Waals surface area contributed by atoms with Crippen LogP contribution in [0.3, 0.4) is 0 Å². The molecule has 5 heteroatoms. The minimum Gasteiger partial charge on any atom is -0.508 e. The van der Waals surface area contributed by atoms with E-state index in [0.29, 0.717) is 0 Å². The number of carbonyl (C=O) groups is 1. The van der Waals surface area contributed by atoms with Crippen molar-refractivity contribution in [2.24, 2.45) is 5.73 Å². The van der Waals surface area contributed by atoms with Gasteiger partial charge in [-0.25, -0.2) is 0 Å². The Balaban J connectivity index is 2.62. The summed E-state index contributed by atoms with van der Waals surface area (Å²) in [6, 6.07) is 4.85. The largest absolute Gasteiger partial charge is 0.508 e. The average Bonchev–Trinajstić information content (AvgIpc) is 2.20. The molecule has 5 nitrogen and oxygen atoms in total. The molecule has 0 aliphatic heterocycles. The fourth-order valence-electron chi connectivity index (χ4n) is 1.17. The number of hydrogen-bond donors (Lipinski definition) is 4. The van der Waals surface area contributed by atoms with Crippen LogP contribution in [0.1, 0.15) is 5.56 Å². The standard InChI is InChI=1S/C10H13NO4/c11-9(10(14)15)8(13)5-6-1-3-7(12)4-2-6/h1-4,8-9,12-13H,5,11H2,(H,14,15). The molecule has 5 N–H and O–H groups in total. The topological polar surface area (TPSA) is 104 Å². The molecule has 2 unspecified atom stereocenters. The summed E-state index contributed by atoms with van der Waals surface area (Å²) >= 11 is 0. The maximum atomic E-state index is 10.5. The molecule has 0 aliphatic carbocycles. The van der Waals surface area contributed by atoms with Gasteiger partial charge in [0.15, 0.2) is 0 Å². The SMILES string of the molecule is NC(C(=O)O)C(O)Cc1ccc(O)cc1. The van der Waals surface area contributed by atoms with Gasteiger partial charge in [0.1, 0.15) is 11.8 Å². The van der Waals surface area contributed by atoms with Gasteiger partial charge in [-0.2, -0.15) is 0 Å². The summed E-state index contributed by atoms with van der Waals surface area (Å²) in [7, 11) is 0. The van der Waals surface area contributed by atoms with E-state index in [2.05, 4.69) is 0 Å². The van der Waals surface area contributed by atoms with Gasteiger partial charge in [0.25, 0.3) is 0 Å². The first-order valence-electron chi connectivity index (χ1n) is 4.45. The van der Waals surface area contributed by atoms with E-state index in [1.54, 1.807) is 12.1 Å². The molecule has 0 bridgehead atoms. The lowest BCUT2D eigenvalue weighted by Crippen LogP contribution is -2.42. The lowest BCUT2D eigenvalue weighted by atomic mass is 10.0. The molecule has 0 saturated heterocycles. The summed E-state index contributed by atoms with van der Waals surface area (Å²) in [5, 5.41) is 27.0. The maximum Gasteiger partial charge on any atom is 0.323 e. The van der Waals surface area contributed by atoms with Crippen LogP contribution < -0.4 is 5.73 Å². The Bertz CT molecular complexity index is 336. The molecule has 0 aliphatic rings. The number of benzene rings is 1. The number of nitrogens with two attached hydrogens (primary N) is 1. The number of phenolic OH excluding ortho intramolecular Hbond substituents is 1. The highest BCUT2D eigenvalue weighted by atomic mass is 16.4. The normalized spacial score (nSPS) is 14.5. The van der Waals surface area contributed by atoms with Crippen LogP contribution in [0, 0.1) is 0 Å². The lowest BCUT2D eigenvalue weighted by molar-refractivity contribution is -0.141. The second kappa shape index (κ2) is 4.77. The van der Waals surface area contributed by atoms with Crippen molar-refractivity contribution in [3.05, 3.63) is 29.8 Å². The molecule has 82 valence electrons. The van der Waals surface area contributed by atoms with E-state index in [0.717, 1.165) is 5.56 Å². The first kappa shape index (κ1) is 11.5. The third-order valence-corrected chi connectivity index (χ3v) is 2.08. The van der Waals surface area contributed by atoms with Crippen molar-refractivity contribution < 1.29 is 20.1 Å². The lowest BCUT2D eigenvalue weighted by Gasteiger charge is -2.14. The molecule has 1 aromatic carbocycles. The van der Waals surface area contributed by atoms with Crippen LogP contribution in [-0.2, 0) is 11.2 Å². The Kier molecular flexibility index (Phi) is 3.65. The van der Waals surface area contributed by atoms with Crippen LogP contribution in [0.4, 0.5) is 0 Å². The minimum absolute atomic E-state index is 0.121. The third-order valence-electron chi connectivity index (χ3n) is 2.08. The fraction of sp³-hybridized carbons (Fsp3) is 0.300. The van der Waals surface area contributed by atoms with Gasteiger partial charge in [0, 0.05) is 6.42 Å². The van der Waals surface area contributed by atoms with Gasteiger partial charge in [-0.15, -0.1) is 0 Å². The van der Waals surface area contributed by atoms with Crippen molar-refractivity contribution in [3.63, 3.8) is 0 Å². The second-order valence-electron chi connectivity index (χ2n) is 3.30. The van der Waals surface area contributed by atoms with Crippen molar-refractivity contribution in [1.82, 2.24) is 0 Å². The molecule has 0 saturated carbocycles. The number of aliphatic carboxylic acids is 1. The summed E-state index contributed by atoms with van der Waals surface area (Å²) in [5.74, 6) is -1.11. The Hall–Kier alpha value is -1.59. The van der Waals surface area contributed by atoms with E-state index < -0.39 is 18.1 Å². The Morgan fingerprint density at radius 2 is 1.87 bits per heavy atom. The number of rotatable bonds is 4. The molecule has 0 radical (unpaired) electrons. The summed E-state index contributed by atoms with van der Waals surface area (Å²) in [5.41, 5.74) is 5.96. The maximum absolute atomic E-state index is 10.5. The number of hydrogen-bond acceptors (Lipinski definition) is 4. The highest BCUT2D eigenvalue weighted by Crippen LogP contribution is 2.12. The van der Waals surface area contributed by atoms with E-state index in [1.165, 1.54) is 12.1 Å². The Labute approximate surface area is 86.8 Å². The monoisotopic (exact) mass is 211 g/mol. The van der Waals surface area contributed by atoms with Crippen molar-refractivity contribution in [1.29, 1.82) is 0 Å². The third kappa shape index (κ3) is 3.23. The number of phenols is 1. The van der Waals surface area contributed by atoms with Crippen LogP contribution in [0.2, 0.25) is 0 Å². The molecular formula is C10H13NO4. The molecule has 2 atom stereocenters. The van der Waals surface area contributed by atoms with E-state index >= 15 is 0 Å². The van der Waals surface area contributed by atoms with Crippen LogP contribution in [0.25, 0.3) is 0 Å². The van der Waals surface area contributed by atoms with Crippen molar-refractivity contribution in [3.8, 4) is 5.75 Å². The number of carboxylic acid groups (broad SMARTS) is 1. The van der Waals surface area contributed by atoms with Crippen molar-refractivity contribution >= 4 is 5.97 Å². The Morgan fingerprint density at radius 1 is 1.33 bits per heavy atom. The molecular weight excluding hydrogens is 198 g/mol. The summed E-state index contributed by atoms with van der Waals surface area (Å²) in [6.07, 6.45) is -0.986. The van der Waals surface area contributed by atoms with Crippen LogP contribution in [-0.4, -0.2) is 33.4 Å². The Morgan fingerprint density at radius 3 is 2.33 bits per heavy atom. The number of aliphatic hydroxyl groups is 1. The molecule has 0 spiro atoms. The zero-order valence-corrected chi connectivity index (χ0v) is 8.00. The van der Waals surface area contributed by atoms with Gasteiger partial charge in [-0.1, -0.05) is 12.1 Å². The van der Waals surface area contributed by atoms with Gasteiger partial charge in [0.2, 0.25) is 0 Å². The number of carboxylic acids is 1. The van der Waals surface area contributed by atoms with Crippen LogP contribution in [0.5, 0.6) is 5.75 Å². The fourth-order valence-corrected chi connectivity index (χ4v) is 1.17. The molecule has 15 heavy (non-hydrogen) atoms. The molecule has 0 amide bonds. The van der Waals surface area contributed by atoms with Gasteiger partial charge in [-0.05, 0) is 17.7 Å². The average molecular weight is 211 g/mol. The summed E-state index contributed by atoms with van der Waals surface area (Å²) in [4.78, 5) is 10.5. The molecule has 0 heterocycles. The number of aliphatic hydroxyl groups excluding tert-OH is 1. The van der Waals surface area contributed by atoms with Gasteiger partial charge in [0.05, 0.1) is 6.10 Å². The zero-order valence-electron chi connectivity index (χ0n) is 8.00. The highest BCUT2D eigenvalue weighted by Gasteiger charge is 2.21. The van der Waals surface area contributed by atoms with Gasteiger partial charge < -0.3 is 21.1 Å². The van der Waals surface area contributed by atoms with Crippen molar-refractivity contribution in [2.75, 3.05) is 0 Å². The summed E-state index contributed by atoms with van der Waals surface area (Å²) in [6.45, 7) is 0. The van der Waals surface area contributed by atoms with Crippen LogP contribution in [0.15, 0.2) is 24.3 Å². The van der Waals surface area contributed by atoms with Gasteiger partial charge >= 0.3 is 5.97 Å². The molecule has 0 fully saturated rings. The zero-order chi connectivity index (χ0) is 11.4. The van der Waals surface area contributed by atoms with E-state index in [1.807, 2.05) is 0 Å². The highest BCUT2D eigenvalue weighted by molar-refractivity contribution is 5.73. The predicted octanol–water partition coefficient (Wildman–Crippen LogP) is -0.292. The van der Waals surface area contributed by atoms with E-state index in [4.69, 9.17) is 15.9 Å². The summed E-state index contributed by atoms with van der Waals surface area (Å²) < 4.78 is 0. The minimum atomic E-state index is -1.29. The first-order chi connectivity index (χ1) is 7.00. The second-order valence-corrected chi connectivity index (χ2v) is 3.30. The van der Waals surface area contributed by atoms with E-state index in [-0.39, 0.29) is 12.2 Å². The number of aromatic hydroxyl groups is 1. The quantitative estimate of drug-likeness (QED) is 0.547. The molecule has 0 aromatic heterocycles. The molecule has 1 rings (SSSR count). The van der Waals surface area contributed by atoms with Gasteiger partial charge in [-0.3, -0.25) is 4.79 Å². The molecule has 1 aromatic rings. The predicted molar refractivity (Wildman–Crippen MR) is 53.4 cm³/mol. The van der Waals surface area contributed by atoms with Crippen LogP contribution >= 0.6 is 0 Å². The van der Waals surface area contributed by atoms with Crippen molar-refractivity contribution in [2.45, 2.75) is 18.6 Å². The van der Waals surface area contributed by atoms with E-state index in [9.17, 15) is 9.90 Å². The first-order valence-corrected chi connectivity index (χ1v) is 4.45.